The summed E-state index contributed by atoms with van der Waals surface area (Å²) in [6, 6.07) is 9.84. The maximum Gasteiger partial charge on any atom is 0.142 e. The Bertz CT molecular complexity index is 456. The van der Waals surface area contributed by atoms with Crippen LogP contribution in [-0.4, -0.2) is 0 Å². The Balaban J connectivity index is 2.14. The highest BCUT2D eigenvalue weighted by atomic mass is 79.9. The summed E-state index contributed by atoms with van der Waals surface area (Å²) >= 11 is 11.2. The Morgan fingerprint density at radius 2 is 2.12 bits per heavy atom. The zero-order chi connectivity index (χ0) is 11.4. The van der Waals surface area contributed by atoms with E-state index in [4.69, 9.17) is 16.3 Å². The van der Waals surface area contributed by atoms with Crippen molar-refractivity contribution in [2.45, 2.75) is 11.9 Å². The molecule has 84 valence electrons. The van der Waals surface area contributed by atoms with E-state index in [0.29, 0.717) is 11.6 Å². The maximum absolute atomic E-state index is 6.11. The van der Waals surface area contributed by atoms with Crippen molar-refractivity contribution in [3.05, 3.63) is 51.2 Å². The number of hydrogen-bond donors (Lipinski definition) is 0. The van der Waals surface area contributed by atoms with E-state index in [-0.39, 0.29) is 0 Å². The van der Waals surface area contributed by atoms with E-state index in [1.165, 1.54) is 4.88 Å². The van der Waals surface area contributed by atoms with Crippen LogP contribution in [-0.2, 0) is 11.9 Å². The minimum atomic E-state index is 0.571. The Morgan fingerprint density at radius 3 is 2.81 bits per heavy atom. The van der Waals surface area contributed by atoms with Crippen molar-refractivity contribution in [2.24, 2.45) is 0 Å². The minimum absolute atomic E-state index is 0.571. The highest BCUT2D eigenvalue weighted by Crippen LogP contribution is 2.31. The second-order valence-corrected chi connectivity index (χ2v) is 5.23. The molecule has 0 aliphatic carbocycles. The average Bonchev–Trinajstić information content (AvgIpc) is 2.80. The number of para-hydroxylation sites is 1. The van der Waals surface area contributed by atoms with Crippen molar-refractivity contribution in [1.82, 2.24) is 0 Å². The lowest BCUT2D eigenvalue weighted by Crippen LogP contribution is -1.96. The van der Waals surface area contributed by atoms with Gasteiger partial charge in [-0.25, -0.2) is 0 Å². The summed E-state index contributed by atoms with van der Waals surface area (Å²) in [4.78, 5) is 1.19. The van der Waals surface area contributed by atoms with Crippen LogP contribution in [0.2, 0.25) is 5.02 Å². The molecule has 0 unspecified atom stereocenters. The van der Waals surface area contributed by atoms with Gasteiger partial charge >= 0.3 is 0 Å². The molecule has 16 heavy (non-hydrogen) atoms. The van der Waals surface area contributed by atoms with E-state index < -0.39 is 0 Å². The molecule has 4 heteroatoms. The molecule has 2 aromatic rings. The summed E-state index contributed by atoms with van der Waals surface area (Å²) in [6.07, 6.45) is 0. The average molecular weight is 318 g/mol. The van der Waals surface area contributed by atoms with Gasteiger partial charge in [0.25, 0.3) is 0 Å². The van der Waals surface area contributed by atoms with E-state index in [1.54, 1.807) is 11.3 Å². The molecule has 0 radical (unpaired) electrons. The third-order valence-electron chi connectivity index (χ3n) is 2.13. The number of alkyl halides is 1. The van der Waals surface area contributed by atoms with Gasteiger partial charge < -0.3 is 4.74 Å². The van der Waals surface area contributed by atoms with Crippen LogP contribution in [0.15, 0.2) is 35.7 Å². The number of halogens is 2. The third kappa shape index (κ3) is 2.78. The molecule has 1 nitrogen and oxygen atoms in total. The SMILES string of the molecule is Clc1cccc(CBr)c1OCc1cccs1. The molecule has 0 fully saturated rings. The van der Waals surface area contributed by atoms with E-state index in [0.717, 1.165) is 16.6 Å². The van der Waals surface area contributed by atoms with Crippen LogP contribution in [0.25, 0.3) is 0 Å². The summed E-state index contributed by atoms with van der Waals surface area (Å²) in [6.45, 7) is 0.571. The second-order valence-electron chi connectivity index (χ2n) is 3.23. The summed E-state index contributed by atoms with van der Waals surface area (Å²) in [5.41, 5.74) is 1.07. The summed E-state index contributed by atoms with van der Waals surface area (Å²) in [5.74, 6) is 0.773. The van der Waals surface area contributed by atoms with Crippen molar-refractivity contribution in [3.63, 3.8) is 0 Å². The number of thiophene rings is 1. The fourth-order valence-electron chi connectivity index (χ4n) is 1.36. The van der Waals surface area contributed by atoms with Crippen LogP contribution in [0.5, 0.6) is 5.75 Å². The first-order valence-corrected chi connectivity index (χ1v) is 7.17. The summed E-state index contributed by atoms with van der Waals surface area (Å²) in [7, 11) is 0. The van der Waals surface area contributed by atoms with Gasteiger partial charge in [-0.2, -0.15) is 0 Å². The molecule has 0 amide bonds. The van der Waals surface area contributed by atoms with Gasteiger partial charge in [0.05, 0.1) is 5.02 Å². The Labute approximate surface area is 112 Å². The molecule has 0 saturated carbocycles. The van der Waals surface area contributed by atoms with Crippen molar-refractivity contribution in [1.29, 1.82) is 0 Å². The third-order valence-corrected chi connectivity index (χ3v) is 3.88. The van der Waals surface area contributed by atoms with Gasteiger partial charge in [0.2, 0.25) is 0 Å². The monoisotopic (exact) mass is 316 g/mol. The number of ether oxygens (including phenoxy) is 1. The van der Waals surface area contributed by atoms with E-state index in [1.807, 2.05) is 29.6 Å². The van der Waals surface area contributed by atoms with Gasteiger partial charge in [-0.1, -0.05) is 45.7 Å². The van der Waals surface area contributed by atoms with Crippen LogP contribution in [0.3, 0.4) is 0 Å². The lowest BCUT2D eigenvalue weighted by Gasteiger charge is -2.10. The van der Waals surface area contributed by atoms with Gasteiger partial charge in [0, 0.05) is 15.8 Å². The molecule has 0 bridgehead atoms. The zero-order valence-corrected chi connectivity index (χ0v) is 11.6. The largest absolute Gasteiger partial charge is 0.486 e. The smallest absolute Gasteiger partial charge is 0.142 e. The van der Waals surface area contributed by atoms with Gasteiger partial charge in [-0.15, -0.1) is 11.3 Å². The van der Waals surface area contributed by atoms with Gasteiger partial charge in [0.15, 0.2) is 0 Å². The van der Waals surface area contributed by atoms with Crippen molar-refractivity contribution < 1.29 is 4.74 Å². The van der Waals surface area contributed by atoms with E-state index in [2.05, 4.69) is 22.0 Å². The van der Waals surface area contributed by atoms with Crippen molar-refractivity contribution in [2.75, 3.05) is 0 Å². The van der Waals surface area contributed by atoms with E-state index in [9.17, 15) is 0 Å². The first-order valence-electron chi connectivity index (χ1n) is 4.80. The van der Waals surface area contributed by atoms with E-state index >= 15 is 0 Å². The Morgan fingerprint density at radius 1 is 1.25 bits per heavy atom. The molecule has 0 spiro atoms. The molecule has 0 aliphatic rings. The van der Waals surface area contributed by atoms with Gasteiger partial charge in [-0.3, -0.25) is 0 Å². The molecular formula is C12H10BrClOS. The molecular weight excluding hydrogens is 308 g/mol. The molecule has 2 rings (SSSR count). The van der Waals surface area contributed by atoms with Crippen LogP contribution in [0.1, 0.15) is 10.4 Å². The number of hydrogen-bond acceptors (Lipinski definition) is 2. The molecule has 0 saturated heterocycles. The molecule has 1 aromatic heterocycles. The van der Waals surface area contributed by atoms with Crippen LogP contribution < -0.4 is 4.74 Å². The first-order chi connectivity index (χ1) is 7.81. The topological polar surface area (TPSA) is 9.23 Å². The quantitative estimate of drug-likeness (QED) is 0.731. The predicted octanol–water partition coefficient (Wildman–Crippen LogP) is 4.88. The maximum atomic E-state index is 6.11. The molecule has 0 atom stereocenters. The highest BCUT2D eigenvalue weighted by Gasteiger charge is 2.07. The molecule has 1 aromatic carbocycles. The lowest BCUT2D eigenvalue weighted by atomic mass is 10.2. The highest BCUT2D eigenvalue weighted by molar-refractivity contribution is 9.08. The first kappa shape index (κ1) is 12.0. The molecule has 1 heterocycles. The fraction of sp³-hybridized carbons (Fsp3) is 0.167. The van der Waals surface area contributed by atoms with Crippen molar-refractivity contribution in [3.8, 4) is 5.75 Å². The van der Waals surface area contributed by atoms with Gasteiger partial charge in [0.1, 0.15) is 12.4 Å². The molecule has 0 N–H and O–H groups in total. The standard InChI is InChI=1S/C12H10BrClOS/c13-7-9-3-1-5-11(14)12(9)15-8-10-4-2-6-16-10/h1-6H,7-8H2. The predicted molar refractivity (Wildman–Crippen MR) is 72.7 cm³/mol. The minimum Gasteiger partial charge on any atom is -0.486 e. The fourth-order valence-corrected chi connectivity index (χ4v) is 2.66. The van der Waals surface area contributed by atoms with Crippen LogP contribution in [0.4, 0.5) is 0 Å². The Hall–Kier alpha value is -0.510. The van der Waals surface area contributed by atoms with Crippen LogP contribution in [0, 0.1) is 0 Å². The summed E-state index contributed by atoms with van der Waals surface area (Å²) < 4.78 is 5.75. The molecule has 0 aliphatic heterocycles. The Kier molecular flexibility index (Phi) is 4.27. The lowest BCUT2D eigenvalue weighted by molar-refractivity contribution is 0.307. The van der Waals surface area contributed by atoms with Crippen molar-refractivity contribution >= 4 is 38.9 Å². The van der Waals surface area contributed by atoms with Gasteiger partial charge in [-0.05, 0) is 17.5 Å². The summed E-state index contributed by atoms with van der Waals surface area (Å²) in [5, 5.41) is 3.44. The zero-order valence-electron chi connectivity index (χ0n) is 8.45. The normalized spacial score (nSPS) is 10.4. The number of rotatable bonds is 4. The number of benzene rings is 1. The second kappa shape index (κ2) is 5.71. The van der Waals surface area contributed by atoms with Crippen LogP contribution >= 0.6 is 38.9 Å².